The van der Waals surface area contributed by atoms with E-state index >= 15 is 0 Å². The van der Waals surface area contributed by atoms with Crippen LogP contribution >= 0.6 is 11.8 Å². The van der Waals surface area contributed by atoms with Gasteiger partial charge in [0, 0.05) is 18.5 Å². The van der Waals surface area contributed by atoms with Crippen molar-refractivity contribution in [2.24, 2.45) is 7.05 Å². The van der Waals surface area contributed by atoms with E-state index in [1.807, 2.05) is 35.9 Å². The van der Waals surface area contributed by atoms with Gasteiger partial charge in [0.25, 0.3) is 0 Å². The van der Waals surface area contributed by atoms with Crippen molar-refractivity contribution in [2.75, 3.05) is 19.5 Å². The van der Waals surface area contributed by atoms with Gasteiger partial charge in [0.05, 0.1) is 30.9 Å². The maximum absolute atomic E-state index is 12.3. The van der Waals surface area contributed by atoms with Gasteiger partial charge in [0.15, 0.2) is 11.0 Å². The third kappa shape index (κ3) is 4.37. The molecule has 0 radical (unpaired) electrons. The number of carbonyl (C=O) groups is 2. The monoisotopic (exact) mass is 417 g/mol. The zero-order valence-corrected chi connectivity index (χ0v) is 17.5. The van der Waals surface area contributed by atoms with Crippen LogP contribution in [0.2, 0.25) is 0 Å². The topological polar surface area (TPSA) is 107 Å². The molecule has 0 aliphatic carbocycles. The number of nitrogens with zero attached hydrogens (tertiary/aromatic N) is 3. The first kappa shape index (κ1) is 20.7. The molecule has 1 aliphatic heterocycles. The summed E-state index contributed by atoms with van der Waals surface area (Å²) in [5.41, 5.74) is 1.74. The lowest BCUT2D eigenvalue weighted by atomic mass is 10.1. The highest BCUT2D eigenvalue weighted by molar-refractivity contribution is 7.99. The zero-order chi connectivity index (χ0) is 21.0. The van der Waals surface area contributed by atoms with Gasteiger partial charge in [-0.25, -0.2) is 9.59 Å². The van der Waals surface area contributed by atoms with E-state index in [0.717, 1.165) is 5.56 Å². The number of rotatable bonds is 7. The molecule has 1 aliphatic rings. The Hall–Kier alpha value is -3.01. The Morgan fingerprint density at radius 3 is 2.79 bits per heavy atom. The molecule has 2 amide bonds. The van der Waals surface area contributed by atoms with Gasteiger partial charge in [-0.1, -0.05) is 23.9 Å². The fraction of sp³-hybridized carbons (Fsp3) is 0.368. The molecule has 0 fully saturated rings. The lowest BCUT2D eigenvalue weighted by Crippen LogP contribution is -2.49. The van der Waals surface area contributed by atoms with Crippen LogP contribution in [0.3, 0.4) is 0 Å². The van der Waals surface area contributed by atoms with Gasteiger partial charge in [-0.05, 0) is 26.0 Å². The van der Waals surface area contributed by atoms with Crippen molar-refractivity contribution in [3.8, 4) is 17.1 Å². The van der Waals surface area contributed by atoms with Crippen LogP contribution < -0.4 is 15.4 Å². The number of nitrogens with one attached hydrogen (secondary N) is 2. The second-order valence-electron chi connectivity index (χ2n) is 6.29. The summed E-state index contributed by atoms with van der Waals surface area (Å²) in [6.45, 7) is 3.75. The third-order valence-electron chi connectivity index (χ3n) is 4.39. The molecule has 0 unspecified atom stereocenters. The Kier molecular flexibility index (Phi) is 6.42. The summed E-state index contributed by atoms with van der Waals surface area (Å²) in [5.74, 6) is 1.25. The summed E-state index contributed by atoms with van der Waals surface area (Å²) < 4.78 is 12.4. The molecule has 1 atom stereocenters. The fourth-order valence-corrected chi connectivity index (χ4v) is 3.91. The van der Waals surface area contributed by atoms with Crippen molar-refractivity contribution in [3.63, 3.8) is 0 Å². The van der Waals surface area contributed by atoms with E-state index < -0.39 is 12.0 Å². The van der Waals surface area contributed by atoms with Crippen LogP contribution in [-0.2, 0) is 16.6 Å². The number of benzene rings is 1. The summed E-state index contributed by atoms with van der Waals surface area (Å²) in [5, 5.41) is 14.6. The molecule has 2 heterocycles. The van der Waals surface area contributed by atoms with Crippen LogP contribution in [-0.4, -0.2) is 52.3 Å². The second-order valence-corrected chi connectivity index (χ2v) is 7.23. The van der Waals surface area contributed by atoms with Crippen molar-refractivity contribution in [1.29, 1.82) is 0 Å². The molecule has 1 aromatic heterocycles. The highest BCUT2D eigenvalue weighted by Crippen LogP contribution is 2.30. The van der Waals surface area contributed by atoms with E-state index in [0.29, 0.717) is 33.8 Å². The maximum Gasteiger partial charge on any atom is 0.337 e. The van der Waals surface area contributed by atoms with E-state index in [1.54, 1.807) is 21.0 Å². The minimum absolute atomic E-state index is 0.259. The molecule has 154 valence electrons. The fourth-order valence-electron chi connectivity index (χ4n) is 3.03. The Bertz CT molecular complexity index is 956. The lowest BCUT2D eigenvalue weighted by Gasteiger charge is -2.26. The molecule has 9 nitrogen and oxygen atoms in total. The molecule has 1 aromatic carbocycles. The average molecular weight is 417 g/mol. The normalized spacial score (nSPS) is 16.3. The number of carbonyl (C=O) groups excluding carboxylic acids is 2. The predicted octanol–water partition coefficient (Wildman–Crippen LogP) is 2.10. The number of para-hydroxylation sites is 1. The minimum atomic E-state index is -0.448. The number of hydrogen-bond donors (Lipinski definition) is 2. The summed E-state index contributed by atoms with van der Waals surface area (Å²) in [6.07, 6.45) is 0. The van der Waals surface area contributed by atoms with Crippen LogP contribution in [0.15, 0.2) is 40.7 Å². The maximum atomic E-state index is 12.3. The number of hydrogen-bond acceptors (Lipinski definition) is 7. The van der Waals surface area contributed by atoms with E-state index in [4.69, 9.17) is 9.47 Å². The second kappa shape index (κ2) is 8.99. The van der Waals surface area contributed by atoms with E-state index in [9.17, 15) is 9.59 Å². The van der Waals surface area contributed by atoms with Crippen LogP contribution in [0.1, 0.15) is 13.8 Å². The average Bonchev–Trinajstić information content (AvgIpc) is 3.06. The molecule has 3 rings (SSSR count). The van der Waals surface area contributed by atoms with Crippen molar-refractivity contribution in [2.45, 2.75) is 25.0 Å². The first-order valence-electron chi connectivity index (χ1n) is 9.09. The Labute approximate surface area is 172 Å². The summed E-state index contributed by atoms with van der Waals surface area (Å²) in [4.78, 5) is 24.2. The standard InChI is InChI=1S/C19H23N5O4S/c1-5-28-17(25)15-11(2)20-18(26)21-13(15)10-29-19-23-22-16(24(19)3)12-8-6-7-9-14(12)27-4/h6-9,11H,5,10H2,1-4H3,(H2,20,21,26)/t11-/m1/s1. The van der Waals surface area contributed by atoms with E-state index in [-0.39, 0.29) is 12.6 Å². The first-order chi connectivity index (χ1) is 14.0. The van der Waals surface area contributed by atoms with Gasteiger partial charge in [0.2, 0.25) is 0 Å². The molecule has 29 heavy (non-hydrogen) atoms. The van der Waals surface area contributed by atoms with Gasteiger partial charge in [-0.15, -0.1) is 10.2 Å². The largest absolute Gasteiger partial charge is 0.496 e. The molecular weight excluding hydrogens is 394 g/mol. The molecule has 2 aromatic rings. The first-order valence-corrected chi connectivity index (χ1v) is 10.1. The smallest absolute Gasteiger partial charge is 0.337 e. The van der Waals surface area contributed by atoms with Crippen molar-refractivity contribution >= 4 is 23.8 Å². The van der Waals surface area contributed by atoms with Crippen molar-refractivity contribution < 1.29 is 19.1 Å². The van der Waals surface area contributed by atoms with Gasteiger partial charge in [-0.2, -0.15) is 0 Å². The number of methoxy groups -OCH3 is 1. The SMILES string of the molecule is CCOC(=O)C1=C(CSc2nnc(-c3ccccc3OC)n2C)NC(=O)N[C@@H]1C. The van der Waals surface area contributed by atoms with Gasteiger partial charge < -0.3 is 24.7 Å². The van der Waals surface area contributed by atoms with Crippen molar-refractivity contribution in [3.05, 3.63) is 35.5 Å². The number of urea groups is 1. The van der Waals surface area contributed by atoms with Gasteiger partial charge in [0.1, 0.15) is 5.75 Å². The summed E-state index contributed by atoms with van der Waals surface area (Å²) in [7, 11) is 3.46. The van der Waals surface area contributed by atoms with Crippen molar-refractivity contribution in [1.82, 2.24) is 25.4 Å². The number of amides is 2. The van der Waals surface area contributed by atoms with Crippen LogP contribution in [0.4, 0.5) is 4.79 Å². The number of ether oxygens (including phenoxy) is 2. The molecule has 0 saturated carbocycles. The highest BCUT2D eigenvalue weighted by Gasteiger charge is 2.30. The number of thioether (sulfide) groups is 1. The molecular formula is C19H23N5O4S. The Morgan fingerprint density at radius 2 is 2.07 bits per heavy atom. The van der Waals surface area contributed by atoms with Crippen LogP contribution in [0.5, 0.6) is 5.75 Å². The van der Waals surface area contributed by atoms with Crippen LogP contribution in [0.25, 0.3) is 11.4 Å². The third-order valence-corrected chi connectivity index (χ3v) is 5.44. The Balaban J connectivity index is 1.85. The van der Waals surface area contributed by atoms with E-state index in [1.165, 1.54) is 11.8 Å². The molecule has 0 bridgehead atoms. The van der Waals surface area contributed by atoms with Gasteiger partial charge >= 0.3 is 12.0 Å². The molecule has 10 heteroatoms. The summed E-state index contributed by atoms with van der Waals surface area (Å²) >= 11 is 1.37. The quantitative estimate of drug-likeness (QED) is 0.525. The highest BCUT2D eigenvalue weighted by atomic mass is 32.2. The predicted molar refractivity (Wildman–Crippen MR) is 109 cm³/mol. The Morgan fingerprint density at radius 1 is 1.31 bits per heavy atom. The molecule has 2 N–H and O–H groups in total. The number of esters is 1. The summed E-state index contributed by atoms with van der Waals surface area (Å²) in [6, 6.07) is 6.77. The van der Waals surface area contributed by atoms with Crippen LogP contribution in [0, 0.1) is 0 Å². The lowest BCUT2D eigenvalue weighted by molar-refractivity contribution is -0.138. The minimum Gasteiger partial charge on any atom is -0.496 e. The molecule has 0 spiro atoms. The zero-order valence-electron chi connectivity index (χ0n) is 16.7. The molecule has 0 saturated heterocycles. The van der Waals surface area contributed by atoms with E-state index in [2.05, 4.69) is 20.8 Å². The number of aromatic nitrogens is 3. The van der Waals surface area contributed by atoms with Gasteiger partial charge in [-0.3, -0.25) is 0 Å².